The van der Waals surface area contributed by atoms with Crippen LogP contribution in [0.1, 0.15) is 36.0 Å². The van der Waals surface area contributed by atoms with E-state index in [9.17, 15) is 18.4 Å². The monoisotopic (exact) mass is 317 g/mol. The van der Waals surface area contributed by atoms with E-state index in [0.29, 0.717) is 5.69 Å². The number of hydrogen-bond donors (Lipinski definition) is 2. The molecule has 1 saturated carbocycles. The molecule has 0 aromatic heterocycles. The van der Waals surface area contributed by atoms with E-state index < -0.39 is 17.8 Å². The van der Waals surface area contributed by atoms with Crippen molar-refractivity contribution in [3.8, 4) is 0 Å². The summed E-state index contributed by atoms with van der Waals surface area (Å²) in [6.45, 7) is 0. The van der Waals surface area contributed by atoms with Crippen LogP contribution in [0.25, 0.3) is 0 Å². The lowest BCUT2D eigenvalue weighted by molar-refractivity contribution is -0.124. The van der Waals surface area contributed by atoms with Crippen molar-refractivity contribution in [2.45, 2.75) is 31.6 Å². The fourth-order valence-corrected chi connectivity index (χ4v) is 2.51. The fourth-order valence-electron chi connectivity index (χ4n) is 2.31. The topological polar surface area (TPSA) is 66.4 Å². The lowest BCUT2D eigenvalue weighted by atomic mass is 9.86. The van der Waals surface area contributed by atoms with E-state index in [1.54, 1.807) is 0 Å². The summed E-state index contributed by atoms with van der Waals surface area (Å²) in [6.07, 6.45) is -0.353. The van der Waals surface area contributed by atoms with Crippen LogP contribution in [0.3, 0.4) is 0 Å². The van der Waals surface area contributed by atoms with Crippen molar-refractivity contribution >= 4 is 29.2 Å². The molecule has 2 N–H and O–H groups in total. The normalized spacial score (nSPS) is 18.2. The van der Waals surface area contributed by atoms with Gasteiger partial charge in [-0.1, -0.05) is 11.6 Å². The van der Waals surface area contributed by atoms with E-state index in [1.807, 2.05) is 0 Å². The molecule has 1 aromatic rings. The van der Waals surface area contributed by atoms with Gasteiger partial charge in [-0.05, 0) is 31.0 Å². The second-order valence-electron chi connectivity index (χ2n) is 5.12. The molecule has 114 valence electrons. The average Bonchev–Trinajstić information content (AvgIpc) is 2.40. The molecule has 1 fully saturated rings. The molecule has 0 bridgehead atoms. The van der Waals surface area contributed by atoms with Gasteiger partial charge in [0.2, 0.25) is 11.8 Å². The SMILES string of the molecule is O=C(O)c1cc(NC(=O)C2CCC(F)(F)CC2)ccc1Cl. The first-order valence-electron chi connectivity index (χ1n) is 6.50. The van der Waals surface area contributed by atoms with Gasteiger partial charge in [0.15, 0.2) is 0 Å². The molecule has 1 aromatic carbocycles. The van der Waals surface area contributed by atoms with Crippen LogP contribution in [0.2, 0.25) is 5.02 Å². The van der Waals surface area contributed by atoms with Gasteiger partial charge in [0, 0.05) is 24.4 Å². The fraction of sp³-hybridized carbons (Fsp3) is 0.429. The highest BCUT2D eigenvalue weighted by molar-refractivity contribution is 6.33. The van der Waals surface area contributed by atoms with Gasteiger partial charge in [-0.15, -0.1) is 0 Å². The number of carboxylic acids is 1. The number of rotatable bonds is 3. The molecular formula is C14H14ClF2NO3. The number of nitrogens with one attached hydrogen (secondary N) is 1. The van der Waals surface area contributed by atoms with Gasteiger partial charge >= 0.3 is 5.97 Å². The highest BCUT2D eigenvalue weighted by atomic mass is 35.5. The largest absolute Gasteiger partial charge is 0.478 e. The van der Waals surface area contributed by atoms with Crippen molar-refractivity contribution < 1.29 is 23.5 Å². The Kier molecular flexibility index (Phi) is 4.46. The van der Waals surface area contributed by atoms with E-state index in [4.69, 9.17) is 16.7 Å². The Bertz CT molecular complexity index is 567. The van der Waals surface area contributed by atoms with E-state index >= 15 is 0 Å². The lowest BCUT2D eigenvalue weighted by Gasteiger charge is -2.27. The van der Waals surface area contributed by atoms with Crippen LogP contribution in [0.4, 0.5) is 14.5 Å². The molecular weight excluding hydrogens is 304 g/mol. The van der Waals surface area contributed by atoms with Gasteiger partial charge in [0.25, 0.3) is 0 Å². The van der Waals surface area contributed by atoms with Gasteiger partial charge < -0.3 is 10.4 Å². The van der Waals surface area contributed by atoms with Gasteiger partial charge in [0.1, 0.15) is 0 Å². The molecule has 1 amide bonds. The van der Waals surface area contributed by atoms with Crippen molar-refractivity contribution in [3.63, 3.8) is 0 Å². The molecule has 0 unspecified atom stereocenters. The predicted molar refractivity (Wildman–Crippen MR) is 73.9 cm³/mol. The number of amides is 1. The Morgan fingerprint density at radius 1 is 1.29 bits per heavy atom. The average molecular weight is 318 g/mol. The van der Waals surface area contributed by atoms with E-state index in [2.05, 4.69) is 5.32 Å². The molecule has 7 heteroatoms. The van der Waals surface area contributed by atoms with Crippen LogP contribution in [-0.2, 0) is 4.79 Å². The molecule has 0 spiro atoms. The zero-order valence-electron chi connectivity index (χ0n) is 11.0. The van der Waals surface area contributed by atoms with Gasteiger partial charge in [-0.2, -0.15) is 0 Å². The van der Waals surface area contributed by atoms with Crippen LogP contribution in [0.5, 0.6) is 0 Å². The summed E-state index contributed by atoms with van der Waals surface area (Å²) in [5.74, 6) is -4.74. The minimum atomic E-state index is -2.69. The molecule has 0 saturated heterocycles. The Morgan fingerprint density at radius 3 is 2.48 bits per heavy atom. The minimum absolute atomic E-state index is 0.0674. The second-order valence-corrected chi connectivity index (χ2v) is 5.53. The number of alkyl halides is 2. The first-order chi connectivity index (χ1) is 9.78. The standard InChI is InChI=1S/C14H14ClF2NO3/c15-11-2-1-9(7-10(11)13(20)21)18-12(19)8-3-5-14(16,17)6-4-8/h1-2,7-8H,3-6H2,(H,18,19)(H,20,21). The molecule has 0 heterocycles. The van der Waals surface area contributed by atoms with Gasteiger partial charge in [-0.3, -0.25) is 4.79 Å². The Balaban J connectivity index is 2.03. The molecule has 2 rings (SSSR count). The maximum absolute atomic E-state index is 13.0. The third-order valence-corrected chi connectivity index (χ3v) is 3.88. The zero-order valence-corrected chi connectivity index (χ0v) is 11.8. The summed E-state index contributed by atoms with van der Waals surface area (Å²) in [5.41, 5.74) is 0.170. The van der Waals surface area contributed by atoms with Gasteiger partial charge in [-0.25, -0.2) is 13.6 Å². The van der Waals surface area contributed by atoms with E-state index in [1.165, 1.54) is 18.2 Å². The van der Waals surface area contributed by atoms with Crippen LogP contribution in [-0.4, -0.2) is 22.9 Å². The van der Waals surface area contributed by atoms with Crippen LogP contribution >= 0.6 is 11.6 Å². The van der Waals surface area contributed by atoms with Crippen molar-refractivity contribution in [3.05, 3.63) is 28.8 Å². The summed E-state index contributed by atoms with van der Waals surface area (Å²) in [4.78, 5) is 23.0. The smallest absolute Gasteiger partial charge is 0.337 e. The molecule has 1 aliphatic rings. The zero-order chi connectivity index (χ0) is 15.6. The number of carboxylic acid groups (broad SMARTS) is 1. The van der Waals surface area contributed by atoms with Crippen LogP contribution < -0.4 is 5.32 Å². The summed E-state index contributed by atoms with van der Waals surface area (Å²) in [6, 6.07) is 4.10. The third-order valence-electron chi connectivity index (χ3n) is 3.55. The minimum Gasteiger partial charge on any atom is -0.478 e. The Hall–Kier alpha value is -1.69. The first kappa shape index (κ1) is 15.7. The third kappa shape index (κ3) is 3.91. The highest BCUT2D eigenvalue weighted by Gasteiger charge is 2.37. The highest BCUT2D eigenvalue weighted by Crippen LogP contribution is 2.36. The lowest BCUT2D eigenvalue weighted by Crippen LogP contribution is -2.31. The number of carbonyl (C=O) groups is 2. The Labute approximate surface area is 125 Å². The van der Waals surface area contributed by atoms with E-state index in [0.717, 1.165) is 0 Å². The number of anilines is 1. The molecule has 0 aliphatic heterocycles. The number of benzene rings is 1. The maximum atomic E-state index is 13.0. The van der Waals surface area contributed by atoms with Gasteiger partial charge in [0.05, 0.1) is 10.6 Å². The Morgan fingerprint density at radius 2 is 1.90 bits per heavy atom. The summed E-state index contributed by atoms with van der Waals surface area (Å²) in [5, 5.41) is 11.6. The summed E-state index contributed by atoms with van der Waals surface area (Å²) >= 11 is 5.73. The second kappa shape index (κ2) is 5.97. The predicted octanol–water partition coefficient (Wildman–Crippen LogP) is 3.80. The van der Waals surface area contributed by atoms with E-state index in [-0.39, 0.29) is 42.2 Å². The van der Waals surface area contributed by atoms with Crippen molar-refractivity contribution in [2.75, 3.05) is 5.32 Å². The quantitative estimate of drug-likeness (QED) is 0.891. The summed E-state index contributed by atoms with van der Waals surface area (Å²) in [7, 11) is 0. The van der Waals surface area contributed by atoms with Crippen molar-refractivity contribution in [2.24, 2.45) is 5.92 Å². The van der Waals surface area contributed by atoms with Crippen LogP contribution in [0, 0.1) is 5.92 Å². The molecule has 4 nitrogen and oxygen atoms in total. The van der Waals surface area contributed by atoms with Crippen LogP contribution in [0.15, 0.2) is 18.2 Å². The molecule has 0 atom stereocenters. The summed E-state index contributed by atoms with van der Waals surface area (Å²) < 4.78 is 26.1. The maximum Gasteiger partial charge on any atom is 0.337 e. The number of halogens is 3. The van der Waals surface area contributed by atoms with Crippen molar-refractivity contribution in [1.29, 1.82) is 0 Å². The number of aromatic carboxylic acids is 1. The van der Waals surface area contributed by atoms with Crippen molar-refractivity contribution in [1.82, 2.24) is 0 Å². The number of hydrogen-bond acceptors (Lipinski definition) is 2. The number of carbonyl (C=O) groups excluding carboxylic acids is 1. The first-order valence-corrected chi connectivity index (χ1v) is 6.88. The molecule has 21 heavy (non-hydrogen) atoms. The molecule has 1 aliphatic carbocycles. The molecule has 0 radical (unpaired) electrons.